The van der Waals surface area contributed by atoms with Crippen molar-refractivity contribution in [1.29, 1.82) is 0 Å². The van der Waals surface area contributed by atoms with Crippen LogP contribution in [0.1, 0.15) is 31.1 Å². The van der Waals surface area contributed by atoms with E-state index in [-0.39, 0.29) is 5.78 Å². The molecule has 1 aromatic carbocycles. The number of aliphatic hydroxyl groups is 1. The highest BCUT2D eigenvalue weighted by molar-refractivity contribution is 6.31. The van der Waals surface area contributed by atoms with Crippen LogP contribution in [0, 0.1) is 5.41 Å². The lowest BCUT2D eigenvalue weighted by Gasteiger charge is -2.24. The fourth-order valence-corrected chi connectivity index (χ4v) is 1.38. The average molecular weight is 227 g/mol. The molecule has 1 N–H and O–H groups in total. The number of hydrogen-bond acceptors (Lipinski definition) is 2. The van der Waals surface area contributed by atoms with E-state index in [0.717, 1.165) is 0 Å². The van der Waals surface area contributed by atoms with Crippen LogP contribution in [0.3, 0.4) is 0 Å². The zero-order valence-corrected chi connectivity index (χ0v) is 9.88. The highest BCUT2D eigenvalue weighted by atomic mass is 35.5. The van der Waals surface area contributed by atoms with E-state index >= 15 is 0 Å². The van der Waals surface area contributed by atoms with Crippen LogP contribution in [0.4, 0.5) is 0 Å². The maximum Gasteiger partial charge on any atom is 0.191 e. The van der Waals surface area contributed by atoms with E-state index in [1.807, 2.05) is 20.8 Å². The molecule has 1 unspecified atom stereocenters. The highest BCUT2D eigenvalue weighted by Gasteiger charge is 2.29. The Morgan fingerprint density at radius 1 is 1.40 bits per heavy atom. The lowest BCUT2D eigenvalue weighted by atomic mass is 9.84. The number of benzene rings is 1. The van der Waals surface area contributed by atoms with Crippen LogP contribution >= 0.6 is 11.6 Å². The van der Waals surface area contributed by atoms with Crippen LogP contribution in [0.25, 0.3) is 0 Å². The van der Waals surface area contributed by atoms with Gasteiger partial charge in [-0.05, 0) is 17.5 Å². The minimum absolute atomic E-state index is 0.287. The molecule has 0 heterocycles. The van der Waals surface area contributed by atoms with Crippen molar-refractivity contribution in [2.75, 3.05) is 0 Å². The minimum Gasteiger partial charge on any atom is -0.384 e. The summed E-state index contributed by atoms with van der Waals surface area (Å²) in [6.45, 7) is 5.46. The van der Waals surface area contributed by atoms with Gasteiger partial charge in [0.25, 0.3) is 0 Å². The SMILES string of the molecule is CC(C)(C)C(O)C(=O)c1cccc(Cl)c1. The summed E-state index contributed by atoms with van der Waals surface area (Å²) in [5.74, 6) is -0.287. The lowest BCUT2D eigenvalue weighted by molar-refractivity contribution is 0.0443. The van der Waals surface area contributed by atoms with E-state index in [2.05, 4.69) is 0 Å². The first-order valence-electron chi connectivity index (χ1n) is 4.80. The van der Waals surface area contributed by atoms with Crippen molar-refractivity contribution in [1.82, 2.24) is 0 Å². The molecule has 0 fully saturated rings. The summed E-state index contributed by atoms with van der Waals surface area (Å²) in [7, 11) is 0. The van der Waals surface area contributed by atoms with Gasteiger partial charge in [0.05, 0.1) is 0 Å². The molecule has 0 aliphatic rings. The van der Waals surface area contributed by atoms with Crippen molar-refractivity contribution in [3.63, 3.8) is 0 Å². The molecule has 0 aliphatic carbocycles. The molecule has 15 heavy (non-hydrogen) atoms. The molecule has 0 bridgehead atoms. The van der Waals surface area contributed by atoms with E-state index in [4.69, 9.17) is 11.6 Å². The van der Waals surface area contributed by atoms with Gasteiger partial charge in [-0.25, -0.2) is 0 Å². The van der Waals surface area contributed by atoms with Gasteiger partial charge < -0.3 is 5.11 Å². The minimum atomic E-state index is -1.00. The molecule has 82 valence electrons. The zero-order chi connectivity index (χ0) is 11.6. The van der Waals surface area contributed by atoms with Crippen LogP contribution in [-0.4, -0.2) is 17.0 Å². The molecule has 0 aliphatic heterocycles. The van der Waals surface area contributed by atoms with Crippen molar-refractivity contribution < 1.29 is 9.90 Å². The Labute approximate surface area is 94.9 Å². The Morgan fingerprint density at radius 2 is 2.00 bits per heavy atom. The number of Topliss-reactive ketones (excluding diaryl/α,β-unsaturated/α-hetero) is 1. The topological polar surface area (TPSA) is 37.3 Å². The van der Waals surface area contributed by atoms with Gasteiger partial charge in [-0.15, -0.1) is 0 Å². The van der Waals surface area contributed by atoms with Crippen LogP contribution in [-0.2, 0) is 0 Å². The number of ketones is 1. The number of rotatable bonds is 2. The fraction of sp³-hybridized carbons (Fsp3) is 0.417. The van der Waals surface area contributed by atoms with E-state index in [9.17, 15) is 9.90 Å². The molecule has 0 radical (unpaired) electrons. The summed E-state index contributed by atoms with van der Waals surface area (Å²) in [5, 5.41) is 10.3. The van der Waals surface area contributed by atoms with Gasteiger partial charge in [-0.2, -0.15) is 0 Å². The van der Waals surface area contributed by atoms with Crippen LogP contribution in [0.15, 0.2) is 24.3 Å². The first kappa shape index (κ1) is 12.2. The van der Waals surface area contributed by atoms with Crippen molar-refractivity contribution in [2.45, 2.75) is 26.9 Å². The number of carbonyl (C=O) groups is 1. The fourth-order valence-electron chi connectivity index (χ4n) is 1.19. The summed E-state index contributed by atoms with van der Waals surface area (Å²) >= 11 is 5.77. The summed E-state index contributed by atoms with van der Waals surface area (Å²) in [6, 6.07) is 6.62. The summed E-state index contributed by atoms with van der Waals surface area (Å²) in [5.41, 5.74) is -0.00992. The first-order valence-corrected chi connectivity index (χ1v) is 5.18. The maximum absolute atomic E-state index is 11.8. The van der Waals surface area contributed by atoms with Gasteiger partial charge in [0.1, 0.15) is 6.10 Å². The summed E-state index contributed by atoms with van der Waals surface area (Å²) in [4.78, 5) is 11.8. The Hall–Kier alpha value is -0.860. The molecule has 0 saturated carbocycles. The molecular weight excluding hydrogens is 212 g/mol. The molecule has 0 spiro atoms. The quantitative estimate of drug-likeness (QED) is 0.788. The Kier molecular flexibility index (Phi) is 3.53. The Balaban J connectivity index is 2.95. The third-order valence-corrected chi connectivity index (χ3v) is 2.41. The average Bonchev–Trinajstić information content (AvgIpc) is 2.14. The highest BCUT2D eigenvalue weighted by Crippen LogP contribution is 2.23. The monoisotopic (exact) mass is 226 g/mol. The maximum atomic E-state index is 11.8. The second kappa shape index (κ2) is 4.33. The molecule has 2 nitrogen and oxygen atoms in total. The molecular formula is C12H15ClO2. The molecule has 0 amide bonds. The normalized spacial score (nSPS) is 13.7. The van der Waals surface area contributed by atoms with Gasteiger partial charge in [0, 0.05) is 10.6 Å². The summed E-state index contributed by atoms with van der Waals surface area (Å²) < 4.78 is 0. The van der Waals surface area contributed by atoms with Gasteiger partial charge in [0.2, 0.25) is 0 Å². The van der Waals surface area contributed by atoms with E-state index < -0.39 is 11.5 Å². The second-order valence-corrected chi connectivity index (χ2v) is 5.08. The zero-order valence-electron chi connectivity index (χ0n) is 9.12. The van der Waals surface area contributed by atoms with Crippen molar-refractivity contribution in [3.8, 4) is 0 Å². The van der Waals surface area contributed by atoms with Gasteiger partial charge >= 0.3 is 0 Å². The predicted molar refractivity (Wildman–Crippen MR) is 61.2 cm³/mol. The van der Waals surface area contributed by atoms with Gasteiger partial charge in [-0.1, -0.05) is 44.5 Å². The third-order valence-electron chi connectivity index (χ3n) is 2.18. The van der Waals surface area contributed by atoms with Crippen molar-refractivity contribution in [2.24, 2.45) is 5.41 Å². The van der Waals surface area contributed by atoms with Gasteiger partial charge in [0.15, 0.2) is 5.78 Å². The standard InChI is InChI=1S/C12H15ClO2/c1-12(2,3)11(15)10(14)8-5-4-6-9(13)7-8/h4-7,11,15H,1-3H3. The molecule has 1 rings (SSSR count). The largest absolute Gasteiger partial charge is 0.384 e. The van der Waals surface area contributed by atoms with E-state index in [1.54, 1.807) is 24.3 Å². The number of aliphatic hydroxyl groups excluding tert-OH is 1. The predicted octanol–water partition coefficient (Wildman–Crippen LogP) is 2.93. The smallest absolute Gasteiger partial charge is 0.191 e. The van der Waals surface area contributed by atoms with Crippen LogP contribution < -0.4 is 0 Å². The van der Waals surface area contributed by atoms with Crippen molar-refractivity contribution >= 4 is 17.4 Å². The molecule has 1 aromatic rings. The van der Waals surface area contributed by atoms with E-state index in [1.165, 1.54) is 0 Å². The van der Waals surface area contributed by atoms with Gasteiger partial charge in [-0.3, -0.25) is 4.79 Å². The Morgan fingerprint density at radius 3 is 2.47 bits per heavy atom. The van der Waals surface area contributed by atoms with E-state index in [0.29, 0.717) is 10.6 Å². The molecule has 1 atom stereocenters. The first-order chi connectivity index (χ1) is 6.82. The molecule has 3 heteroatoms. The number of carbonyl (C=O) groups excluding carboxylic acids is 1. The summed E-state index contributed by atoms with van der Waals surface area (Å²) in [6.07, 6.45) is -1.00. The van der Waals surface area contributed by atoms with Crippen LogP contribution in [0.5, 0.6) is 0 Å². The second-order valence-electron chi connectivity index (χ2n) is 4.64. The van der Waals surface area contributed by atoms with Crippen LogP contribution in [0.2, 0.25) is 5.02 Å². The Bertz CT molecular complexity index is 366. The molecule has 0 saturated heterocycles. The third kappa shape index (κ3) is 3.05. The number of halogens is 1. The lowest BCUT2D eigenvalue weighted by Crippen LogP contribution is -2.34. The molecule has 0 aromatic heterocycles. The number of hydrogen-bond donors (Lipinski definition) is 1. The van der Waals surface area contributed by atoms with Crippen molar-refractivity contribution in [3.05, 3.63) is 34.9 Å².